The molecule has 2 aromatic rings. The van der Waals surface area contributed by atoms with E-state index in [1.54, 1.807) is 28.9 Å². The van der Waals surface area contributed by atoms with Gasteiger partial charge in [0.1, 0.15) is 18.5 Å². The highest BCUT2D eigenvalue weighted by atomic mass is 16.5. The van der Waals surface area contributed by atoms with E-state index < -0.39 is 6.10 Å². The van der Waals surface area contributed by atoms with E-state index in [1.807, 2.05) is 20.8 Å². The van der Waals surface area contributed by atoms with Crippen molar-refractivity contribution in [2.45, 2.75) is 40.3 Å². The number of aliphatic hydroxyl groups is 1. The van der Waals surface area contributed by atoms with E-state index in [0.717, 1.165) is 17.0 Å². The number of anilines is 1. The van der Waals surface area contributed by atoms with Crippen LogP contribution in [0.5, 0.6) is 5.75 Å². The number of amides is 1. The molecule has 0 aliphatic heterocycles. The lowest BCUT2D eigenvalue weighted by Crippen LogP contribution is -2.24. The van der Waals surface area contributed by atoms with Gasteiger partial charge >= 0.3 is 0 Å². The Hall–Kier alpha value is -2.34. The Labute approximate surface area is 136 Å². The lowest BCUT2D eigenvalue weighted by Gasteiger charge is -2.14. The predicted molar refractivity (Wildman–Crippen MR) is 88.7 cm³/mol. The molecule has 124 valence electrons. The van der Waals surface area contributed by atoms with E-state index >= 15 is 0 Å². The van der Waals surface area contributed by atoms with Gasteiger partial charge in [0.05, 0.1) is 12.2 Å². The van der Waals surface area contributed by atoms with Crippen LogP contribution in [0.1, 0.15) is 23.9 Å². The molecule has 2 rings (SSSR count). The zero-order valence-corrected chi connectivity index (χ0v) is 14.0. The quantitative estimate of drug-likeness (QED) is 0.856. The Morgan fingerprint density at radius 1 is 1.30 bits per heavy atom. The first kappa shape index (κ1) is 17.0. The third-order valence-electron chi connectivity index (χ3n) is 3.74. The second kappa shape index (κ2) is 7.28. The van der Waals surface area contributed by atoms with Crippen LogP contribution in [0.15, 0.2) is 24.3 Å². The molecular formula is C17H23N3O3. The first-order valence-corrected chi connectivity index (χ1v) is 7.56. The molecule has 1 aromatic heterocycles. The van der Waals surface area contributed by atoms with Gasteiger partial charge < -0.3 is 15.2 Å². The van der Waals surface area contributed by atoms with E-state index in [2.05, 4.69) is 10.4 Å². The first-order valence-electron chi connectivity index (χ1n) is 7.56. The molecule has 0 radical (unpaired) electrons. The van der Waals surface area contributed by atoms with Crippen LogP contribution in [0.2, 0.25) is 0 Å². The molecule has 1 heterocycles. The van der Waals surface area contributed by atoms with Crippen molar-refractivity contribution in [3.05, 3.63) is 41.2 Å². The number of nitrogens with zero attached hydrogens (tertiary/aromatic N) is 2. The fourth-order valence-corrected chi connectivity index (χ4v) is 2.25. The Bertz CT molecular complexity index is 677. The van der Waals surface area contributed by atoms with E-state index in [4.69, 9.17) is 4.74 Å². The summed E-state index contributed by atoms with van der Waals surface area (Å²) in [6, 6.07) is 7.03. The fourth-order valence-electron chi connectivity index (χ4n) is 2.25. The van der Waals surface area contributed by atoms with Crippen molar-refractivity contribution in [3.63, 3.8) is 0 Å². The van der Waals surface area contributed by atoms with Gasteiger partial charge in [-0.05, 0) is 50.6 Å². The highest BCUT2D eigenvalue weighted by Gasteiger charge is 2.12. The molecule has 0 bridgehead atoms. The average Bonchev–Trinajstić information content (AvgIpc) is 2.73. The van der Waals surface area contributed by atoms with Gasteiger partial charge in [0.25, 0.3) is 0 Å². The first-order chi connectivity index (χ1) is 10.9. The maximum Gasteiger partial charge on any atom is 0.221 e. The second-order valence-corrected chi connectivity index (χ2v) is 5.65. The predicted octanol–water partition coefficient (Wildman–Crippen LogP) is 2.21. The van der Waals surface area contributed by atoms with Gasteiger partial charge in [-0.3, -0.25) is 9.48 Å². The number of benzene rings is 1. The standard InChI is InChI=1S/C17H23N3O3/c1-11-12(2)19-20(13(11)3)9-16(22)10-23-17-7-5-15(6-8-17)18-14(4)21/h5-8,16,22H,9-10H2,1-4H3,(H,18,21)/t16-/m1/s1. The summed E-state index contributed by atoms with van der Waals surface area (Å²) in [4.78, 5) is 11.0. The molecule has 0 saturated carbocycles. The van der Waals surface area contributed by atoms with Crippen LogP contribution < -0.4 is 10.1 Å². The number of aryl methyl sites for hydroxylation is 1. The van der Waals surface area contributed by atoms with Crippen LogP contribution in [0, 0.1) is 20.8 Å². The van der Waals surface area contributed by atoms with Crippen molar-refractivity contribution >= 4 is 11.6 Å². The molecule has 23 heavy (non-hydrogen) atoms. The summed E-state index contributed by atoms with van der Waals surface area (Å²) in [7, 11) is 0. The minimum absolute atomic E-state index is 0.116. The molecular weight excluding hydrogens is 294 g/mol. The van der Waals surface area contributed by atoms with E-state index in [1.165, 1.54) is 6.92 Å². The Morgan fingerprint density at radius 2 is 1.96 bits per heavy atom. The fraction of sp³-hybridized carbons (Fsp3) is 0.412. The molecule has 1 aromatic carbocycles. The van der Waals surface area contributed by atoms with Crippen LogP contribution in [-0.4, -0.2) is 33.5 Å². The van der Waals surface area contributed by atoms with Crippen molar-refractivity contribution in [3.8, 4) is 5.75 Å². The maximum atomic E-state index is 11.0. The second-order valence-electron chi connectivity index (χ2n) is 5.65. The number of aliphatic hydroxyl groups excluding tert-OH is 1. The summed E-state index contributed by atoms with van der Waals surface area (Å²) in [5.74, 6) is 0.525. The minimum atomic E-state index is -0.651. The smallest absolute Gasteiger partial charge is 0.221 e. The van der Waals surface area contributed by atoms with Gasteiger partial charge in [0.15, 0.2) is 0 Å². The number of nitrogens with one attached hydrogen (secondary N) is 1. The van der Waals surface area contributed by atoms with Gasteiger partial charge in [0.2, 0.25) is 5.91 Å². The average molecular weight is 317 g/mol. The number of hydrogen-bond acceptors (Lipinski definition) is 4. The minimum Gasteiger partial charge on any atom is -0.491 e. The van der Waals surface area contributed by atoms with Gasteiger partial charge in [-0.2, -0.15) is 5.10 Å². The van der Waals surface area contributed by atoms with E-state index in [-0.39, 0.29) is 12.5 Å². The molecule has 0 aliphatic rings. The number of carbonyl (C=O) groups excluding carboxylic acids is 1. The number of ether oxygens (including phenoxy) is 1. The third kappa shape index (κ3) is 4.56. The lowest BCUT2D eigenvalue weighted by molar-refractivity contribution is -0.114. The van der Waals surface area contributed by atoms with Gasteiger partial charge in [0, 0.05) is 18.3 Å². The SMILES string of the molecule is CC(=O)Nc1ccc(OC[C@H](O)Cn2nc(C)c(C)c2C)cc1. The molecule has 6 heteroatoms. The van der Waals surface area contributed by atoms with Crippen molar-refractivity contribution in [1.29, 1.82) is 0 Å². The Balaban J connectivity index is 1.87. The summed E-state index contributed by atoms with van der Waals surface area (Å²) in [5, 5.41) is 17.2. The van der Waals surface area contributed by atoms with Crippen LogP contribution in [0.4, 0.5) is 5.69 Å². The van der Waals surface area contributed by atoms with E-state index in [0.29, 0.717) is 18.0 Å². The molecule has 1 amide bonds. The summed E-state index contributed by atoms with van der Waals surface area (Å²) < 4.78 is 7.38. The van der Waals surface area contributed by atoms with E-state index in [9.17, 15) is 9.90 Å². The number of hydrogen-bond donors (Lipinski definition) is 2. The maximum absolute atomic E-state index is 11.0. The summed E-state index contributed by atoms with van der Waals surface area (Å²) in [6.45, 7) is 8.00. The van der Waals surface area contributed by atoms with Crippen molar-refractivity contribution in [1.82, 2.24) is 9.78 Å². The number of aromatic nitrogens is 2. The van der Waals surface area contributed by atoms with Crippen molar-refractivity contribution in [2.24, 2.45) is 0 Å². The Kier molecular flexibility index (Phi) is 5.39. The Morgan fingerprint density at radius 3 is 2.48 bits per heavy atom. The van der Waals surface area contributed by atoms with Crippen LogP contribution >= 0.6 is 0 Å². The molecule has 2 N–H and O–H groups in total. The molecule has 0 unspecified atom stereocenters. The highest BCUT2D eigenvalue weighted by molar-refractivity contribution is 5.88. The zero-order valence-electron chi connectivity index (χ0n) is 14.0. The largest absolute Gasteiger partial charge is 0.491 e. The van der Waals surface area contributed by atoms with Crippen LogP contribution in [0.25, 0.3) is 0 Å². The van der Waals surface area contributed by atoms with Gasteiger partial charge in [-0.1, -0.05) is 0 Å². The van der Waals surface area contributed by atoms with Crippen molar-refractivity contribution < 1.29 is 14.6 Å². The van der Waals surface area contributed by atoms with Gasteiger partial charge in [-0.15, -0.1) is 0 Å². The lowest BCUT2D eigenvalue weighted by atomic mass is 10.2. The van der Waals surface area contributed by atoms with Crippen LogP contribution in [0.3, 0.4) is 0 Å². The summed E-state index contributed by atoms with van der Waals surface area (Å²) in [6.07, 6.45) is -0.651. The summed E-state index contributed by atoms with van der Waals surface area (Å²) in [5.41, 5.74) is 3.89. The monoisotopic (exact) mass is 317 g/mol. The molecule has 0 aliphatic carbocycles. The molecule has 1 atom stereocenters. The zero-order chi connectivity index (χ0) is 17.0. The topological polar surface area (TPSA) is 76.4 Å². The number of rotatable bonds is 6. The van der Waals surface area contributed by atoms with Gasteiger partial charge in [-0.25, -0.2) is 0 Å². The highest BCUT2D eigenvalue weighted by Crippen LogP contribution is 2.16. The number of carbonyl (C=O) groups is 1. The molecule has 0 saturated heterocycles. The molecule has 6 nitrogen and oxygen atoms in total. The van der Waals surface area contributed by atoms with Crippen molar-refractivity contribution in [2.75, 3.05) is 11.9 Å². The van der Waals surface area contributed by atoms with Crippen LogP contribution in [-0.2, 0) is 11.3 Å². The summed E-state index contributed by atoms with van der Waals surface area (Å²) >= 11 is 0. The molecule has 0 spiro atoms. The third-order valence-corrected chi connectivity index (χ3v) is 3.74. The normalized spacial score (nSPS) is 12.0. The molecule has 0 fully saturated rings.